The number of aryl methyl sites for hydroxylation is 1. The molecule has 1 aromatic rings. The Morgan fingerprint density at radius 3 is 2.64 bits per heavy atom. The molecule has 2 rings (SSSR count). The summed E-state index contributed by atoms with van der Waals surface area (Å²) in [7, 11) is 1.97. The lowest BCUT2D eigenvalue weighted by atomic mass is 9.84. The van der Waals surface area contributed by atoms with E-state index < -0.39 is 5.60 Å². The molecule has 1 saturated heterocycles. The first-order valence-corrected chi connectivity index (χ1v) is 8.02. The van der Waals surface area contributed by atoms with Gasteiger partial charge in [-0.1, -0.05) is 36.8 Å². The third kappa shape index (κ3) is 4.31. The highest BCUT2D eigenvalue weighted by molar-refractivity contribution is 5.78. The molecule has 1 aromatic carbocycles. The van der Waals surface area contributed by atoms with Gasteiger partial charge in [-0.05, 0) is 32.9 Å². The van der Waals surface area contributed by atoms with Crippen LogP contribution < -0.4 is 0 Å². The highest BCUT2D eigenvalue weighted by atomic mass is 16.3. The number of likely N-dealkylation sites (N-methyl/N-ethyl adjacent to an activating group) is 1. The first kappa shape index (κ1) is 17.0. The predicted molar refractivity (Wildman–Crippen MR) is 88.5 cm³/mol. The lowest BCUT2D eigenvalue weighted by Gasteiger charge is -2.41. The summed E-state index contributed by atoms with van der Waals surface area (Å²) in [6, 6.07) is 8.41. The average Bonchev–Trinajstić information content (AvgIpc) is 2.44. The Balaban J connectivity index is 1.85. The molecule has 0 radical (unpaired) electrons. The second-order valence-corrected chi connectivity index (χ2v) is 7.01. The minimum atomic E-state index is -0.648. The summed E-state index contributed by atoms with van der Waals surface area (Å²) in [6.07, 6.45) is 0.654. The van der Waals surface area contributed by atoms with E-state index in [9.17, 15) is 9.90 Å². The van der Waals surface area contributed by atoms with E-state index in [0.29, 0.717) is 26.1 Å². The molecule has 1 heterocycles. The summed E-state index contributed by atoms with van der Waals surface area (Å²) in [5, 5.41) is 10.2. The second kappa shape index (κ2) is 6.80. The van der Waals surface area contributed by atoms with Crippen molar-refractivity contribution in [1.82, 2.24) is 9.80 Å². The van der Waals surface area contributed by atoms with Crippen molar-refractivity contribution in [3.8, 4) is 0 Å². The topological polar surface area (TPSA) is 43.8 Å². The van der Waals surface area contributed by atoms with Crippen LogP contribution >= 0.6 is 0 Å². The highest BCUT2D eigenvalue weighted by Gasteiger charge is 2.36. The fraction of sp³-hybridized carbons (Fsp3) is 0.611. The van der Waals surface area contributed by atoms with Crippen LogP contribution in [0.5, 0.6) is 0 Å². The summed E-state index contributed by atoms with van der Waals surface area (Å²) in [6.45, 7) is 8.43. The van der Waals surface area contributed by atoms with Crippen molar-refractivity contribution in [2.45, 2.75) is 39.3 Å². The molecule has 0 saturated carbocycles. The summed E-state index contributed by atoms with van der Waals surface area (Å²) >= 11 is 0. The molecule has 0 bridgehead atoms. The number of carbonyl (C=O) groups is 1. The Kier molecular flexibility index (Phi) is 5.24. The molecule has 0 unspecified atom stereocenters. The number of carbonyl (C=O) groups excluding carboxylic acids is 1. The molecule has 122 valence electrons. The van der Waals surface area contributed by atoms with Crippen molar-refractivity contribution >= 4 is 5.91 Å². The number of rotatable bonds is 4. The zero-order valence-corrected chi connectivity index (χ0v) is 14.2. The minimum absolute atomic E-state index is 0.118. The van der Waals surface area contributed by atoms with Crippen molar-refractivity contribution < 1.29 is 9.90 Å². The lowest BCUT2D eigenvalue weighted by molar-refractivity contribution is -0.139. The zero-order valence-electron chi connectivity index (χ0n) is 14.2. The van der Waals surface area contributed by atoms with Gasteiger partial charge in [0.1, 0.15) is 0 Å². The number of nitrogens with zero attached hydrogens (tertiary/aromatic N) is 2. The van der Waals surface area contributed by atoms with Gasteiger partial charge in [-0.25, -0.2) is 0 Å². The number of hydrogen-bond donors (Lipinski definition) is 1. The van der Waals surface area contributed by atoms with Gasteiger partial charge in [-0.2, -0.15) is 0 Å². The SMILES string of the molecule is Cc1ccc(CN(C)CC(=O)N2CC[C@](C)(O)[C@H](C)C2)cc1. The Bertz CT molecular complexity index is 510. The molecule has 1 N–H and O–H groups in total. The molecular formula is C18H28N2O2. The average molecular weight is 304 g/mol. The van der Waals surface area contributed by atoms with E-state index in [2.05, 4.69) is 31.2 Å². The van der Waals surface area contributed by atoms with Crippen molar-refractivity contribution in [2.75, 3.05) is 26.7 Å². The molecular weight excluding hydrogens is 276 g/mol. The van der Waals surface area contributed by atoms with Crippen molar-refractivity contribution in [3.63, 3.8) is 0 Å². The molecule has 4 nitrogen and oxygen atoms in total. The largest absolute Gasteiger partial charge is 0.390 e. The van der Waals surface area contributed by atoms with Crippen LogP contribution in [-0.2, 0) is 11.3 Å². The number of aliphatic hydroxyl groups is 1. The minimum Gasteiger partial charge on any atom is -0.390 e. The third-order valence-corrected chi connectivity index (χ3v) is 4.77. The van der Waals surface area contributed by atoms with Gasteiger partial charge in [0.2, 0.25) is 5.91 Å². The zero-order chi connectivity index (χ0) is 16.3. The van der Waals surface area contributed by atoms with Crippen LogP contribution in [0.1, 0.15) is 31.4 Å². The molecule has 1 aliphatic rings. The maximum Gasteiger partial charge on any atom is 0.236 e. The molecule has 1 amide bonds. The Morgan fingerprint density at radius 2 is 2.05 bits per heavy atom. The molecule has 4 heteroatoms. The third-order valence-electron chi connectivity index (χ3n) is 4.77. The summed E-state index contributed by atoms with van der Waals surface area (Å²) < 4.78 is 0. The van der Waals surface area contributed by atoms with Crippen LogP contribution in [0.3, 0.4) is 0 Å². The summed E-state index contributed by atoms with van der Waals surface area (Å²) in [5.41, 5.74) is 1.82. The number of likely N-dealkylation sites (tertiary alicyclic amines) is 1. The van der Waals surface area contributed by atoms with Gasteiger partial charge in [-0.15, -0.1) is 0 Å². The molecule has 0 aliphatic carbocycles. The molecule has 0 aromatic heterocycles. The second-order valence-electron chi connectivity index (χ2n) is 7.01. The Morgan fingerprint density at radius 1 is 1.41 bits per heavy atom. The van der Waals surface area contributed by atoms with Crippen molar-refractivity contribution in [1.29, 1.82) is 0 Å². The maximum atomic E-state index is 12.4. The normalized spacial score (nSPS) is 25.5. The van der Waals surface area contributed by atoms with Crippen LogP contribution in [0.2, 0.25) is 0 Å². The lowest BCUT2D eigenvalue weighted by Crippen LogP contribution is -2.52. The quantitative estimate of drug-likeness (QED) is 0.926. The molecule has 1 aliphatic heterocycles. The van der Waals surface area contributed by atoms with Gasteiger partial charge in [0.05, 0.1) is 12.1 Å². The van der Waals surface area contributed by atoms with Gasteiger partial charge in [-0.3, -0.25) is 9.69 Å². The van der Waals surface area contributed by atoms with Crippen LogP contribution in [0.4, 0.5) is 0 Å². The number of benzene rings is 1. The molecule has 2 atom stereocenters. The smallest absolute Gasteiger partial charge is 0.236 e. The van der Waals surface area contributed by atoms with E-state index >= 15 is 0 Å². The van der Waals surface area contributed by atoms with Crippen molar-refractivity contribution in [3.05, 3.63) is 35.4 Å². The van der Waals surface area contributed by atoms with Crippen LogP contribution in [0.25, 0.3) is 0 Å². The standard InChI is InChI=1S/C18H28N2O2/c1-14-5-7-16(8-6-14)12-19(4)13-17(21)20-10-9-18(3,22)15(2)11-20/h5-8,15,22H,9-13H2,1-4H3/t15-,18+/m1/s1. The molecule has 1 fully saturated rings. The van der Waals surface area contributed by atoms with E-state index in [0.717, 1.165) is 6.54 Å². The maximum absolute atomic E-state index is 12.4. The van der Waals surface area contributed by atoms with Gasteiger partial charge in [0.25, 0.3) is 0 Å². The van der Waals surface area contributed by atoms with Crippen molar-refractivity contribution in [2.24, 2.45) is 5.92 Å². The fourth-order valence-electron chi connectivity index (χ4n) is 2.84. The number of piperidine rings is 1. The van der Waals surface area contributed by atoms with Gasteiger partial charge < -0.3 is 10.0 Å². The Labute approximate surface area is 133 Å². The van der Waals surface area contributed by atoms with E-state index in [1.807, 2.05) is 30.7 Å². The van der Waals surface area contributed by atoms with Gasteiger partial charge in [0.15, 0.2) is 0 Å². The number of hydrogen-bond acceptors (Lipinski definition) is 3. The van der Waals surface area contributed by atoms with E-state index in [-0.39, 0.29) is 11.8 Å². The van der Waals surface area contributed by atoms with Crippen LogP contribution in [0, 0.1) is 12.8 Å². The van der Waals surface area contributed by atoms with Gasteiger partial charge >= 0.3 is 0 Å². The van der Waals surface area contributed by atoms with Crippen LogP contribution in [-0.4, -0.2) is 53.1 Å². The predicted octanol–water partition coefficient (Wildman–Crippen LogP) is 2.05. The van der Waals surface area contributed by atoms with E-state index in [4.69, 9.17) is 0 Å². The first-order chi connectivity index (χ1) is 10.3. The van der Waals surface area contributed by atoms with Gasteiger partial charge in [0, 0.05) is 25.6 Å². The fourth-order valence-corrected chi connectivity index (χ4v) is 2.84. The summed E-state index contributed by atoms with van der Waals surface area (Å²) in [4.78, 5) is 16.3. The highest BCUT2D eigenvalue weighted by Crippen LogP contribution is 2.27. The van der Waals surface area contributed by atoms with E-state index in [1.165, 1.54) is 11.1 Å². The Hall–Kier alpha value is -1.39. The number of amides is 1. The molecule has 0 spiro atoms. The van der Waals surface area contributed by atoms with Crippen LogP contribution in [0.15, 0.2) is 24.3 Å². The molecule has 22 heavy (non-hydrogen) atoms. The van der Waals surface area contributed by atoms with E-state index in [1.54, 1.807) is 0 Å². The monoisotopic (exact) mass is 304 g/mol. The first-order valence-electron chi connectivity index (χ1n) is 8.02. The summed E-state index contributed by atoms with van der Waals surface area (Å²) in [5.74, 6) is 0.268.